The summed E-state index contributed by atoms with van der Waals surface area (Å²) in [6, 6.07) is 15.1. The van der Waals surface area contributed by atoms with Crippen LogP contribution in [0.25, 0.3) is 27.7 Å². The van der Waals surface area contributed by atoms with Crippen molar-refractivity contribution >= 4 is 10.9 Å². The third-order valence-electron chi connectivity index (χ3n) is 6.82. The van der Waals surface area contributed by atoms with Crippen LogP contribution in [0.2, 0.25) is 0 Å². The molecule has 2 unspecified atom stereocenters. The number of hydrogen-bond donors (Lipinski definition) is 1. The molecule has 32 heavy (non-hydrogen) atoms. The Morgan fingerprint density at radius 2 is 1.91 bits per heavy atom. The molecule has 0 spiro atoms. The first-order valence-electron chi connectivity index (χ1n) is 11.0. The zero-order valence-corrected chi connectivity index (χ0v) is 18.6. The van der Waals surface area contributed by atoms with Gasteiger partial charge < -0.3 is 9.88 Å². The highest BCUT2D eigenvalue weighted by Gasteiger charge is 2.35. The molecule has 1 fully saturated rings. The molecule has 3 aromatic heterocycles. The highest BCUT2D eigenvalue weighted by molar-refractivity contribution is 5.88. The first-order valence-corrected chi connectivity index (χ1v) is 11.0. The summed E-state index contributed by atoms with van der Waals surface area (Å²) >= 11 is 0. The molecule has 2 bridgehead atoms. The molecule has 0 amide bonds. The van der Waals surface area contributed by atoms with Crippen LogP contribution in [0.3, 0.4) is 0 Å². The largest absolute Gasteiger partial charge is 0.347 e. The lowest BCUT2D eigenvalue weighted by Gasteiger charge is -2.23. The number of rotatable bonds is 2. The number of hydrogen-bond acceptors (Lipinski definition) is 3. The highest BCUT2D eigenvalue weighted by Crippen LogP contribution is 2.41. The predicted molar refractivity (Wildman–Crippen MR) is 126 cm³/mol. The average molecular weight is 431 g/mol. The quantitative estimate of drug-likeness (QED) is 0.504. The van der Waals surface area contributed by atoms with Gasteiger partial charge in [-0.25, -0.2) is 0 Å². The van der Waals surface area contributed by atoms with Crippen LogP contribution >= 0.6 is 0 Å². The third-order valence-corrected chi connectivity index (χ3v) is 6.82. The number of halogens is 1. The van der Waals surface area contributed by atoms with Gasteiger partial charge >= 0.3 is 0 Å². The van der Waals surface area contributed by atoms with Crippen molar-refractivity contribution in [3.63, 3.8) is 0 Å². The summed E-state index contributed by atoms with van der Waals surface area (Å²) in [6.45, 7) is 1.96. The van der Waals surface area contributed by atoms with Crippen molar-refractivity contribution in [2.24, 2.45) is 7.05 Å². The fraction of sp³-hybridized carbons (Fsp3) is 0.308. The fourth-order valence-corrected chi connectivity index (χ4v) is 5.24. The van der Waals surface area contributed by atoms with Crippen LogP contribution in [0.1, 0.15) is 35.8 Å². The minimum absolute atomic E-state index is 0.0351. The molecule has 2 aliphatic heterocycles. The van der Waals surface area contributed by atoms with Crippen molar-refractivity contribution in [2.45, 2.75) is 38.3 Å². The predicted octanol–water partition coefficient (Wildman–Crippen LogP) is 4.63. The Bertz CT molecular complexity index is 1350. The second-order valence-electron chi connectivity index (χ2n) is 8.63. The van der Waals surface area contributed by atoms with E-state index in [-0.39, 0.29) is 5.56 Å². The van der Waals surface area contributed by atoms with Gasteiger partial charge in [-0.05, 0) is 55.2 Å². The molecule has 5 heterocycles. The molecule has 6 rings (SSSR count). The maximum atomic E-state index is 12.9. The normalized spacial score (nSPS) is 18.9. The molecule has 0 radical (unpaired) electrons. The minimum atomic E-state index is -0.0351. The van der Waals surface area contributed by atoms with E-state index < -0.39 is 0 Å². The van der Waals surface area contributed by atoms with Crippen molar-refractivity contribution < 1.29 is 4.39 Å². The Balaban J connectivity index is 0.00000105. The van der Waals surface area contributed by atoms with Crippen LogP contribution in [0, 0.1) is 6.92 Å². The van der Waals surface area contributed by atoms with E-state index >= 15 is 0 Å². The van der Waals surface area contributed by atoms with Crippen LogP contribution in [0.4, 0.5) is 4.39 Å². The molecule has 0 saturated carbocycles. The minimum Gasteiger partial charge on any atom is -0.347 e. The fourth-order valence-electron chi connectivity index (χ4n) is 5.24. The first kappa shape index (κ1) is 20.6. The Labute approximate surface area is 186 Å². The number of benzene rings is 1. The standard InChI is InChI=1S/C25H24N4O.CH3F/c1-15-3-4-17(14-26-15)16-9-10-29(24(30)11-16)19-6-7-20-22(13-19)28(2)23-12-18-5-8-21(27-18)25(20)23;1-2/h3-4,6-7,9-11,13-14,18,21,27H,5,8,12H2,1-2H3;1H3. The van der Waals surface area contributed by atoms with E-state index in [0.717, 1.165) is 28.9 Å². The molecule has 2 aliphatic rings. The maximum absolute atomic E-state index is 12.9. The van der Waals surface area contributed by atoms with Crippen LogP contribution in [0.5, 0.6) is 0 Å². The molecule has 1 saturated heterocycles. The first-order chi connectivity index (χ1) is 15.6. The van der Waals surface area contributed by atoms with Gasteiger partial charge in [-0.15, -0.1) is 0 Å². The van der Waals surface area contributed by atoms with E-state index in [2.05, 4.69) is 40.1 Å². The second kappa shape index (κ2) is 8.02. The Hall–Kier alpha value is -3.25. The van der Waals surface area contributed by atoms with Crippen molar-refractivity contribution in [3.8, 4) is 16.8 Å². The van der Waals surface area contributed by atoms with Crippen molar-refractivity contribution in [2.75, 3.05) is 7.18 Å². The molecule has 164 valence electrons. The van der Waals surface area contributed by atoms with Crippen LogP contribution < -0.4 is 10.9 Å². The Morgan fingerprint density at radius 1 is 1.06 bits per heavy atom. The number of aromatic nitrogens is 3. The Kier molecular flexibility index (Phi) is 5.18. The van der Waals surface area contributed by atoms with E-state index in [1.165, 1.54) is 35.0 Å². The zero-order valence-electron chi connectivity index (χ0n) is 18.6. The lowest BCUT2D eigenvalue weighted by Crippen LogP contribution is -2.32. The molecule has 4 aromatic rings. The third kappa shape index (κ3) is 3.26. The summed E-state index contributed by atoms with van der Waals surface area (Å²) in [6.07, 6.45) is 7.25. The molecular weight excluding hydrogens is 403 g/mol. The van der Waals surface area contributed by atoms with Gasteiger partial charge in [0.05, 0.1) is 18.4 Å². The van der Waals surface area contributed by atoms with Gasteiger partial charge in [0, 0.05) is 66.3 Å². The van der Waals surface area contributed by atoms with Gasteiger partial charge in [0.15, 0.2) is 0 Å². The van der Waals surface area contributed by atoms with Crippen LogP contribution in [-0.2, 0) is 13.5 Å². The lowest BCUT2D eigenvalue weighted by molar-refractivity contribution is 0.504. The highest BCUT2D eigenvalue weighted by atomic mass is 19.1. The van der Waals surface area contributed by atoms with Gasteiger partial charge in [-0.1, -0.05) is 12.1 Å². The van der Waals surface area contributed by atoms with E-state index in [1.54, 1.807) is 10.6 Å². The van der Waals surface area contributed by atoms with Crippen molar-refractivity contribution in [1.82, 2.24) is 19.4 Å². The summed E-state index contributed by atoms with van der Waals surface area (Å²) in [5, 5.41) is 5.07. The number of nitrogens with zero attached hydrogens (tertiary/aromatic N) is 3. The van der Waals surface area contributed by atoms with E-state index in [1.807, 2.05) is 37.5 Å². The number of alkyl halides is 1. The topological polar surface area (TPSA) is 51.9 Å². The number of pyridine rings is 2. The van der Waals surface area contributed by atoms with E-state index in [4.69, 9.17) is 0 Å². The van der Waals surface area contributed by atoms with Gasteiger partial charge in [0.25, 0.3) is 5.56 Å². The maximum Gasteiger partial charge on any atom is 0.255 e. The summed E-state index contributed by atoms with van der Waals surface area (Å²) in [4.78, 5) is 17.3. The Morgan fingerprint density at radius 3 is 2.66 bits per heavy atom. The summed E-state index contributed by atoms with van der Waals surface area (Å²) in [7, 11) is 2.66. The molecule has 5 nitrogen and oxygen atoms in total. The summed E-state index contributed by atoms with van der Waals surface area (Å²) in [5.74, 6) is 0. The molecule has 1 aromatic carbocycles. The van der Waals surface area contributed by atoms with Crippen LogP contribution in [-0.4, -0.2) is 27.3 Å². The lowest BCUT2D eigenvalue weighted by atomic mass is 9.99. The average Bonchev–Trinajstić information content (AvgIpc) is 3.34. The SMILES string of the molecule is CF.Cc1ccc(-c2ccn(-c3ccc4c5c(n(C)c4c3)CC3CCC5N3)c(=O)c2)cn1. The molecule has 2 atom stereocenters. The number of nitrogens with one attached hydrogen (secondary N) is 1. The van der Waals surface area contributed by atoms with Gasteiger partial charge in [-0.3, -0.25) is 18.7 Å². The number of fused-ring (bicyclic) bond motifs is 6. The van der Waals surface area contributed by atoms with Gasteiger partial charge in [-0.2, -0.15) is 0 Å². The smallest absolute Gasteiger partial charge is 0.255 e. The van der Waals surface area contributed by atoms with Gasteiger partial charge in [0.2, 0.25) is 0 Å². The summed E-state index contributed by atoms with van der Waals surface area (Å²) < 4.78 is 13.6. The monoisotopic (exact) mass is 430 g/mol. The van der Waals surface area contributed by atoms with Crippen molar-refractivity contribution in [3.05, 3.63) is 82.2 Å². The van der Waals surface area contributed by atoms with Crippen molar-refractivity contribution in [1.29, 1.82) is 0 Å². The molecule has 0 aliphatic carbocycles. The molecular formula is C26H27FN4O. The van der Waals surface area contributed by atoms with Crippen LogP contribution in [0.15, 0.2) is 59.7 Å². The molecule has 6 heteroatoms. The molecule has 1 N–H and O–H groups in total. The summed E-state index contributed by atoms with van der Waals surface area (Å²) in [5.41, 5.74) is 7.79. The van der Waals surface area contributed by atoms with E-state index in [9.17, 15) is 9.18 Å². The zero-order chi connectivity index (χ0) is 22.4. The van der Waals surface area contributed by atoms with E-state index in [0.29, 0.717) is 19.3 Å². The second-order valence-corrected chi connectivity index (χ2v) is 8.63. The number of aryl methyl sites for hydroxylation is 2. The van der Waals surface area contributed by atoms with Gasteiger partial charge in [0.1, 0.15) is 0 Å².